The average molecular weight is 325 g/mol. The zero-order valence-electron chi connectivity index (χ0n) is 11.9. The largest absolute Gasteiger partial charge is 0.317 e. The minimum absolute atomic E-state index is 0.875. The van der Waals surface area contributed by atoms with Crippen molar-refractivity contribution in [2.45, 2.75) is 32.7 Å². The molecule has 0 atom stereocenters. The molecule has 0 unspecified atom stereocenters. The van der Waals surface area contributed by atoms with E-state index in [4.69, 9.17) is 0 Å². The second-order valence-corrected chi connectivity index (χ2v) is 6.47. The average Bonchev–Trinajstić information content (AvgIpc) is 2.40. The van der Waals surface area contributed by atoms with Crippen LogP contribution in [0, 0.1) is 5.92 Å². The van der Waals surface area contributed by atoms with Crippen molar-refractivity contribution in [3.63, 3.8) is 0 Å². The highest BCUT2D eigenvalue weighted by Gasteiger charge is 2.16. The van der Waals surface area contributed by atoms with Crippen LogP contribution >= 0.6 is 15.9 Å². The van der Waals surface area contributed by atoms with Gasteiger partial charge >= 0.3 is 0 Å². The molecule has 2 rings (SSSR count). The molecular formula is C16H25BrN2. The third-order valence-corrected chi connectivity index (χ3v) is 4.30. The van der Waals surface area contributed by atoms with E-state index < -0.39 is 0 Å². The maximum Gasteiger partial charge on any atom is 0.0234 e. The van der Waals surface area contributed by atoms with E-state index >= 15 is 0 Å². The second-order valence-electron chi connectivity index (χ2n) is 5.56. The monoisotopic (exact) mass is 324 g/mol. The lowest BCUT2D eigenvalue weighted by atomic mass is 9.97. The molecule has 1 saturated heterocycles. The Kier molecular flexibility index (Phi) is 6.35. The zero-order valence-corrected chi connectivity index (χ0v) is 13.5. The Morgan fingerprint density at radius 1 is 1.32 bits per heavy atom. The highest BCUT2D eigenvalue weighted by atomic mass is 79.9. The number of nitrogens with one attached hydrogen (secondary N) is 1. The Morgan fingerprint density at radius 2 is 2.11 bits per heavy atom. The number of benzene rings is 1. The lowest BCUT2D eigenvalue weighted by Crippen LogP contribution is -2.36. The molecule has 1 aliphatic rings. The summed E-state index contributed by atoms with van der Waals surface area (Å²) in [5, 5.41) is 3.45. The zero-order chi connectivity index (χ0) is 13.5. The Morgan fingerprint density at radius 3 is 2.79 bits per heavy atom. The van der Waals surface area contributed by atoms with E-state index in [1.54, 1.807) is 0 Å². The topological polar surface area (TPSA) is 15.3 Å². The van der Waals surface area contributed by atoms with Crippen LogP contribution in [0.25, 0.3) is 0 Å². The van der Waals surface area contributed by atoms with Crippen molar-refractivity contribution < 1.29 is 0 Å². The molecule has 1 aliphatic heterocycles. The molecular weight excluding hydrogens is 300 g/mol. The van der Waals surface area contributed by atoms with E-state index in [-0.39, 0.29) is 0 Å². The predicted molar refractivity (Wildman–Crippen MR) is 85.3 cm³/mol. The first-order valence-electron chi connectivity index (χ1n) is 7.45. The summed E-state index contributed by atoms with van der Waals surface area (Å²) in [6.07, 6.45) is 3.90. The van der Waals surface area contributed by atoms with Crippen molar-refractivity contribution in [1.82, 2.24) is 10.2 Å². The van der Waals surface area contributed by atoms with Crippen LogP contribution in [-0.4, -0.2) is 31.1 Å². The molecule has 0 spiro atoms. The molecule has 0 bridgehead atoms. The van der Waals surface area contributed by atoms with E-state index in [2.05, 4.69) is 57.3 Å². The first-order chi connectivity index (χ1) is 9.28. The lowest BCUT2D eigenvalue weighted by molar-refractivity contribution is 0.199. The van der Waals surface area contributed by atoms with Gasteiger partial charge in [-0.05, 0) is 62.5 Å². The van der Waals surface area contributed by atoms with Gasteiger partial charge in [-0.1, -0.05) is 35.0 Å². The minimum atomic E-state index is 0.875. The fourth-order valence-electron chi connectivity index (χ4n) is 2.87. The Hall–Kier alpha value is -0.380. The molecule has 19 heavy (non-hydrogen) atoms. The second kappa shape index (κ2) is 8.03. The molecule has 1 aromatic carbocycles. The number of nitrogens with zero attached hydrogens (tertiary/aromatic N) is 1. The SMILES string of the molecule is CCCN(Cc1cccc(Br)c1)CC1CCNCC1. The Balaban J connectivity index is 1.91. The highest BCUT2D eigenvalue weighted by molar-refractivity contribution is 9.10. The summed E-state index contributed by atoms with van der Waals surface area (Å²) in [7, 11) is 0. The summed E-state index contributed by atoms with van der Waals surface area (Å²) in [5.74, 6) is 0.875. The van der Waals surface area contributed by atoms with Gasteiger partial charge in [0.15, 0.2) is 0 Å². The van der Waals surface area contributed by atoms with E-state index in [1.165, 1.54) is 55.5 Å². The lowest BCUT2D eigenvalue weighted by Gasteiger charge is -2.30. The maximum absolute atomic E-state index is 3.56. The number of rotatable bonds is 6. The van der Waals surface area contributed by atoms with E-state index in [0.717, 1.165) is 12.5 Å². The number of halogens is 1. The van der Waals surface area contributed by atoms with Crippen LogP contribution in [0.1, 0.15) is 31.7 Å². The smallest absolute Gasteiger partial charge is 0.0234 e. The molecule has 106 valence electrons. The summed E-state index contributed by atoms with van der Waals surface area (Å²) >= 11 is 3.56. The molecule has 1 fully saturated rings. The van der Waals surface area contributed by atoms with Crippen molar-refractivity contribution in [2.24, 2.45) is 5.92 Å². The van der Waals surface area contributed by atoms with Crippen molar-refractivity contribution in [3.05, 3.63) is 34.3 Å². The van der Waals surface area contributed by atoms with Crippen LogP contribution in [0.4, 0.5) is 0 Å². The van der Waals surface area contributed by atoms with Gasteiger partial charge in [0.25, 0.3) is 0 Å². The molecule has 0 aromatic heterocycles. The first-order valence-corrected chi connectivity index (χ1v) is 8.24. The molecule has 1 N–H and O–H groups in total. The molecule has 2 nitrogen and oxygen atoms in total. The number of hydrogen-bond donors (Lipinski definition) is 1. The summed E-state index contributed by atoms with van der Waals surface area (Å²) in [6, 6.07) is 8.70. The third-order valence-electron chi connectivity index (χ3n) is 3.81. The van der Waals surface area contributed by atoms with Crippen LogP contribution in [0.15, 0.2) is 28.7 Å². The molecule has 3 heteroatoms. The first kappa shape index (κ1) is 15.0. The van der Waals surface area contributed by atoms with Gasteiger partial charge in [-0.15, -0.1) is 0 Å². The van der Waals surface area contributed by atoms with Crippen molar-refractivity contribution >= 4 is 15.9 Å². The van der Waals surface area contributed by atoms with Crippen molar-refractivity contribution in [3.8, 4) is 0 Å². The molecule has 1 aromatic rings. The standard InChI is InChI=1S/C16H25BrN2/c1-2-10-19(12-14-6-8-18-9-7-14)13-15-4-3-5-16(17)11-15/h3-5,11,14,18H,2,6-10,12-13H2,1H3. The summed E-state index contributed by atoms with van der Waals surface area (Å²) in [6.45, 7) is 8.20. The minimum Gasteiger partial charge on any atom is -0.317 e. The van der Waals surface area contributed by atoms with Gasteiger partial charge in [-0.2, -0.15) is 0 Å². The van der Waals surface area contributed by atoms with Gasteiger partial charge < -0.3 is 5.32 Å². The van der Waals surface area contributed by atoms with Gasteiger partial charge in [0, 0.05) is 17.6 Å². The normalized spacial score (nSPS) is 17.0. The van der Waals surface area contributed by atoms with Crippen LogP contribution in [-0.2, 0) is 6.54 Å². The summed E-state index contributed by atoms with van der Waals surface area (Å²) in [4.78, 5) is 2.62. The molecule has 0 aliphatic carbocycles. The van der Waals surface area contributed by atoms with E-state index in [1.807, 2.05) is 0 Å². The molecule has 0 radical (unpaired) electrons. The van der Waals surface area contributed by atoms with Crippen molar-refractivity contribution in [2.75, 3.05) is 26.2 Å². The quantitative estimate of drug-likeness (QED) is 0.859. The summed E-state index contributed by atoms with van der Waals surface area (Å²) < 4.78 is 1.18. The third kappa shape index (κ3) is 5.25. The fourth-order valence-corrected chi connectivity index (χ4v) is 3.32. The van der Waals surface area contributed by atoms with Crippen LogP contribution in [0.3, 0.4) is 0 Å². The molecule has 0 amide bonds. The number of hydrogen-bond acceptors (Lipinski definition) is 2. The highest BCUT2D eigenvalue weighted by Crippen LogP contribution is 2.17. The van der Waals surface area contributed by atoms with Crippen molar-refractivity contribution in [1.29, 1.82) is 0 Å². The predicted octanol–water partition coefficient (Wildman–Crippen LogP) is 3.66. The Labute approximate surface area is 125 Å². The van der Waals surface area contributed by atoms with Crippen LogP contribution < -0.4 is 5.32 Å². The summed E-state index contributed by atoms with van der Waals surface area (Å²) in [5.41, 5.74) is 1.41. The van der Waals surface area contributed by atoms with Gasteiger partial charge in [0.2, 0.25) is 0 Å². The van der Waals surface area contributed by atoms with Gasteiger partial charge in [-0.25, -0.2) is 0 Å². The van der Waals surface area contributed by atoms with Crippen LogP contribution in [0.5, 0.6) is 0 Å². The van der Waals surface area contributed by atoms with Crippen LogP contribution in [0.2, 0.25) is 0 Å². The molecule has 1 heterocycles. The van der Waals surface area contributed by atoms with Gasteiger partial charge in [-0.3, -0.25) is 4.90 Å². The number of piperidine rings is 1. The Bertz CT molecular complexity index is 375. The molecule has 0 saturated carbocycles. The van der Waals surface area contributed by atoms with Gasteiger partial charge in [0.05, 0.1) is 0 Å². The van der Waals surface area contributed by atoms with E-state index in [9.17, 15) is 0 Å². The van der Waals surface area contributed by atoms with Gasteiger partial charge in [0.1, 0.15) is 0 Å². The maximum atomic E-state index is 3.56. The fraction of sp³-hybridized carbons (Fsp3) is 0.625. The van der Waals surface area contributed by atoms with E-state index in [0.29, 0.717) is 0 Å².